The molecule has 0 aliphatic carbocycles. The Balaban J connectivity index is 2.00. The van der Waals surface area contributed by atoms with Crippen LogP contribution in [-0.2, 0) is 13.1 Å². The molecule has 1 aromatic heterocycles. The first-order chi connectivity index (χ1) is 8.65. The zero-order chi connectivity index (χ0) is 13.0. The lowest BCUT2D eigenvalue weighted by molar-refractivity contribution is 0.575. The Kier molecular flexibility index (Phi) is 4.04. The summed E-state index contributed by atoms with van der Waals surface area (Å²) in [7, 11) is 0. The Morgan fingerprint density at radius 2 is 2.11 bits per heavy atom. The van der Waals surface area contributed by atoms with Crippen LogP contribution in [-0.4, -0.2) is 21.0 Å². The lowest BCUT2D eigenvalue weighted by atomic mass is 10.2. The molecule has 5 heteroatoms. The molecule has 0 bridgehead atoms. The van der Waals surface area contributed by atoms with Gasteiger partial charge in [-0.2, -0.15) is 0 Å². The predicted octanol–water partition coefficient (Wildman–Crippen LogP) is 1.96. The fourth-order valence-corrected chi connectivity index (χ4v) is 1.61. The Hall–Kier alpha value is -1.75. The Labute approximate surface area is 106 Å². The number of aromatic nitrogens is 3. The van der Waals surface area contributed by atoms with Crippen molar-refractivity contribution >= 4 is 0 Å². The lowest BCUT2D eigenvalue weighted by Gasteiger charge is -2.04. The van der Waals surface area contributed by atoms with Crippen molar-refractivity contribution in [2.75, 3.05) is 0 Å². The molecule has 0 spiro atoms. The quantitative estimate of drug-likeness (QED) is 0.879. The van der Waals surface area contributed by atoms with Crippen molar-refractivity contribution in [2.24, 2.45) is 0 Å². The minimum absolute atomic E-state index is 0.213. The number of nitrogens with zero attached hydrogens (tertiary/aromatic N) is 3. The Morgan fingerprint density at radius 3 is 2.83 bits per heavy atom. The second kappa shape index (κ2) is 5.73. The first-order valence-electron chi connectivity index (χ1n) is 6.01. The Bertz CT molecular complexity index is 507. The van der Waals surface area contributed by atoms with Gasteiger partial charge in [0.15, 0.2) is 0 Å². The van der Waals surface area contributed by atoms with Gasteiger partial charge in [-0.3, -0.25) is 0 Å². The van der Waals surface area contributed by atoms with Crippen molar-refractivity contribution in [1.29, 1.82) is 0 Å². The maximum absolute atomic E-state index is 13.5. The van der Waals surface area contributed by atoms with Crippen LogP contribution in [0.15, 0.2) is 30.5 Å². The molecule has 0 unspecified atom stereocenters. The number of nitrogens with one attached hydrogen (secondary N) is 1. The number of benzene rings is 1. The van der Waals surface area contributed by atoms with Crippen LogP contribution in [0.1, 0.15) is 25.1 Å². The first-order valence-corrected chi connectivity index (χ1v) is 6.01. The van der Waals surface area contributed by atoms with Crippen LogP contribution in [0.25, 0.3) is 0 Å². The normalized spacial score (nSPS) is 11.1. The molecule has 0 amide bonds. The van der Waals surface area contributed by atoms with Crippen LogP contribution in [0, 0.1) is 5.82 Å². The molecule has 0 fully saturated rings. The van der Waals surface area contributed by atoms with Crippen LogP contribution in [0.5, 0.6) is 0 Å². The van der Waals surface area contributed by atoms with Gasteiger partial charge in [0.25, 0.3) is 0 Å². The standard InChI is InChI=1S/C13H17FN4/c1-10(2)15-7-12-9-18(17-16-12)8-11-5-3-4-6-13(11)14/h3-6,9-10,15H,7-8H2,1-2H3. The molecule has 18 heavy (non-hydrogen) atoms. The largest absolute Gasteiger partial charge is 0.309 e. The van der Waals surface area contributed by atoms with Gasteiger partial charge < -0.3 is 5.32 Å². The van der Waals surface area contributed by atoms with Crippen LogP contribution in [0.3, 0.4) is 0 Å². The molecule has 1 N–H and O–H groups in total. The van der Waals surface area contributed by atoms with E-state index in [4.69, 9.17) is 0 Å². The molecule has 1 aromatic carbocycles. The summed E-state index contributed by atoms with van der Waals surface area (Å²) in [5.41, 5.74) is 1.48. The van der Waals surface area contributed by atoms with Crippen LogP contribution in [0.2, 0.25) is 0 Å². The topological polar surface area (TPSA) is 42.7 Å². The molecular formula is C13H17FN4. The summed E-state index contributed by atoms with van der Waals surface area (Å²) in [5, 5.41) is 11.3. The van der Waals surface area contributed by atoms with Crippen LogP contribution in [0.4, 0.5) is 4.39 Å². The zero-order valence-electron chi connectivity index (χ0n) is 10.6. The summed E-state index contributed by atoms with van der Waals surface area (Å²) in [6.45, 7) is 5.23. The third-order valence-electron chi connectivity index (χ3n) is 2.57. The third kappa shape index (κ3) is 3.37. The molecule has 2 rings (SSSR count). The minimum Gasteiger partial charge on any atom is -0.309 e. The number of halogens is 1. The van der Waals surface area contributed by atoms with E-state index in [1.807, 2.05) is 12.3 Å². The highest BCUT2D eigenvalue weighted by molar-refractivity contribution is 5.17. The number of hydrogen-bond acceptors (Lipinski definition) is 3. The number of hydrogen-bond donors (Lipinski definition) is 1. The smallest absolute Gasteiger partial charge is 0.128 e. The maximum atomic E-state index is 13.5. The molecule has 2 aromatic rings. The molecule has 4 nitrogen and oxygen atoms in total. The van der Waals surface area contributed by atoms with Gasteiger partial charge in [-0.15, -0.1) is 5.10 Å². The van der Waals surface area contributed by atoms with E-state index in [0.29, 0.717) is 24.7 Å². The molecule has 0 radical (unpaired) electrons. The first kappa shape index (κ1) is 12.7. The highest BCUT2D eigenvalue weighted by Crippen LogP contribution is 2.08. The Morgan fingerprint density at radius 1 is 1.33 bits per heavy atom. The summed E-state index contributed by atoms with van der Waals surface area (Å²) in [6.07, 6.45) is 1.84. The molecule has 96 valence electrons. The molecule has 0 atom stereocenters. The van der Waals surface area contributed by atoms with E-state index >= 15 is 0 Å². The highest BCUT2D eigenvalue weighted by atomic mass is 19.1. The van der Waals surface area contributed by atoms with Gasteiger partial charge in [-0.1, -0.05) is 37.3 Å². The van der Waals surface area contributed by atoms with E-state index < -0.39 is 0 Å². The van der Waals surface area contributed by atoms with Crippen molar-refractivity contribution in [3.05, 3.63) is 47.5 Å². The molecule has 0 aliphatic heterocycles. The average molecular weight is 248 g/mol. The molecule has 0 saturated carbocycles. The van der Waals surface area contributed by atoms with E-state index in [1.54, 1.807) is 16.8 Å². The molecule has 0 saturated heterocycles. The fraction of sp³-hybridized carbons (Fsp3) is 0.385. The summed E-state index contributed by atoms with van der Waals surface area (Å²) in [4.78, 5) is 0. The SMILES string of the molecule is CC(C)NCc1cn(Cc2ccccc2F)nn1. The summed E-state index contributed by atoms with van der Waals surface area (Å²) < 4.78 is 15.1. The van der Waals surface area contributed by atoms with Crippen molar-refractivity contribution in [2.45, 2.75) is 33.0 Å². The van der Waals surface area contributed by atoms with Gasteiger partial charge in [0.05, 0.1) is 18.4 Å². The number of rotatable bonds is 5. The molecule has 0 aliphatic rings. The molecular weight excluding hydrogens is 231 g/mol. The summed E-state index contributed by atoms with van der Waals surface area (Å²) in [5.74, 6) is -0.213. The minimum atomic E-state index is -0.213. The molecule has 1 heterocycles. The van der Waals surface area contributed by atoms with Gasteiger partial charge in [0.1, 0.15) is 5.82 Å². The van der Waals surface area contributed by atoms with Crippen molar-refractivity contribution in [3.63, 3.8) is 0 Å². The second-order valence-electron chi connectivity index (χ2n) is 4.53. The summed E-state index contributed by atoms with van der Waals surface area (Å²) in [6, 6.07) is 7.10. The van der Waals surface area contributed by atoms with Gasteiger partial charge in [0, 0.05) is 18.2 Å². The fourth-order valence-electron chi connectivity index (χ4n) is 1.61. The highest BCUT2D eigenvalue weighted by Gasteiger charge is 2.05. The van der Waals surface area contributed by atoms with Crippen LogP contribution >= 0.6 is 0 Å². The van der Waals surface area contributed by atoms with Gasteiger partial charge in [0.2, 0.25) is 0 Å². The summed E-state index contributed by atoms with van der Waals surface area (Å²) >= 11 is 0. The predicted molar refractivity (Wildman–Crippen MR) is 67.5 cm³/mol. The zero-order valence-corrected chi connectivity index (χ0v) is 10.6. The third-order valence-corrected chi connectivity index (χ3v) is 2.57. The van der Waals surface area contributed by atoms with Crippen molar-refractivity contribution < 1.29 is 4.39 Å². The second-order valence-corrected chi connectivity index (χ2v) is 4.53. The monoisotopic (exact) mass is 248 g/mol. The van der Waals surface area contributed by atoms with Gasteiger partial charge in [-0.05, 0) is 6.07 Å². The van der Waals surface area contributed by atoms with Crippen molar-refractivity contribution in [3.8, 4) is 0 Å². The van der Waals surface area contributed by atoms with E-state index in [1.165, 1.54) is 6.07 Å². The van der Waals surface area contributed by atoms with Crippen LogP contribution < -0.4 is 5.32 Å². The lowest BCUT2D eigenvalue weighted by Crippen LogP contribution is -2.21. The van der Waals surface area contributed by atoms with E-state index in [2.05, 4.69) is 29.5 Å². The van der Waals surface area contributed by atoms with Gasteiger partial charge in [-0.25, -0.2) is 9.07 Å². The van der Waals surface area contributed by atoms with E-state index in [0.717, 1.165) is 5.69 Å². The van der Waals surface area contributed by atoms with Crippen molar-refractivity contribution in [1.82, 2.24) is 20.3 Å². The van der Waals surface area contributed by atoms with E-state index in [9.17, 15) is 4.39 Å². The average Bonchev–Trinajstić information content (AvgIpc) is 2.77. The van der Waals surface area contributed by atoms with Gasteiger partial charge >= 0.3 is 0 Å². The van der Waals surface area contributed by atoms with E-state index in [-0.39, 0.29) is 5.82 Å². The maximum Gasteiger partial charge on any atom is 0.128 e.